The Hall–Kier alpha value is -3.25. The van der Waals surface area contributed by atoms with Crippen LogP contribution in [0.4, 0.5) is 4.39 Å². The molecular formula is C22H18FN3O2. The van der Waals surface area contributed by atoms with Gasteiger partial charge < -0.3 is 4.74 Å². The summed E-state index contributed by atoms with van der Waals surface area (Å²) in [7, 11) is 0. The average molecular weight is 375 g/mol. The minimum absolute atomic E-state index is 0.121. The number of nitrogens with zero attached hydrogens (tertiary/aromatic N) is 3. The molecule has 1 saturated heterocycles. The molecule has 2 aromatic carbocycles. The third kappa shape index (κ3) is 2.82. The van der Waals surface area contributed by atoms with Crippen LogP contribution in [-0.4, -0.2) is 34.0 Å². The van der Waals surface area contributed by atoms with Crippen LogP contribution in [0.1, 0.15) is 33.7 Å². The highest BCUT2D eigenvalue weighted by Gasteiger charge is 2.33. The predicted octanol–water partition coefficient (Wildman–Crippen LogP) is 3.89. The SMILES string of the molecule is O=C(c1nn(-c2ccc(F)cc2)c2c1CC/C2=C\c1ccccc1)N1COC1. The maximum absolute atomic E-state index is 13.4. The molecule has 140 valence electrons. The quantitative estimate of drug-likeness (QED) is 0.698. The number of fused-ring (bicyclic) bond motifs is 1. The number of carbonyl (C=O) groups excluding carboxylic acids is 1. The standard InChI is InChI=1S/C22H18FN3O2/c23-17-7-9-18(10-8-17)26-21-16(12-15-4-2-1-3-5-15)6-11-19(21)20(24-26)22(27)25-13-28-14-25/h1-5,7-10,12H,6,11,13-14H2/b16-12+. The van der Waals surface area contributed by atoms with Crippen molar-refractivity contribution < 1.29 is 13.9 Å². The number of allylic oxidation sites excluding steroid dienone is 1. The fraction of sp³-hybridized carbons (Fsp3) is 0.182. The number of hydrogen-bond donors (Lipinski definition) is 0. The molecule has 0 bridgehead atoms. The van der Waals surface area contributed by atoms with Crippen molar-refractivity contribution in [3.05, 3.63) is 82.9 Å². The van der Waals surface area contributed by atoms with Gasteiger partial charge in [0, 0.05) is 5.56 Å². The van der Waals surface area contributed by atoms with E-state index in [0.717, 1.165) is 40.9 Å². The fourth-order valence-corrected chi connectivity index (χ4v) is 3.68. The van der Waals surface area contributed by atoms with Crippen molar-refractivity contribution in [2.45, 2.75) is 12.8 Å². The minimum Gasteiger partial charge on any atom is -0.340 e. The summed E-state index contributed by atoms with van der Waals surface area (Å²) in [6, 6.07) is 16.3. The number of benzene rings is 2. The monoisotopic (exact) mass is 375 g/mol. The van der Waals surface area contributed by atoms with Crippen LogP contribution in [-0.2, 0) is 11.2 Å². The predicted molar refractivity (Wildman–Crippen MR) is 103 cm³/mol. The number of halogens is 1. The summed E-state index contributed by atoms with van der Waals surface area (Å²) in [6.07, 6.45) is 3.72. The van der Waals surface area contributed by atoms with Gasteiger partial charge in [-0.2, -0.15) is 5.10 Å². The zero-order chi connectivity index (χ0) is 19.1. The van der Waals surface area contributed by atoms with E-state index in [-0.39, 0.29) is 11.7 Å². The molecule has 6 heteroatoms. The molecular weight excluding hydrogens is 357 g/mol. The van der Waals surface area contributed by atoms with Crippen molar-refractivity contribution in [3.63, 3.8) is 0 Å². The molecule has 2 heterocycles. The molecule has 28 heavy (non-hydrogen) atoms. The second-order valence-electron chi connectivity index (χ2n) is 6.95. The molecule has 0 spiro atoms. The normalized spacial score (nSPS) is 16.9. The van der Waals surface area contributed by atoms with Gasteiger partial charge in [-0.15, -0.1) is 0 Å². The van der Waals surface area contributed by atoms with Crippen LogP contribution >= 0.6 is 0 Å². The van der Waals surface area contributed by atoms with Crippen LogP contribution in [0.3, 0.4) is 0 Å². The molecule has 1 aliphatic heterocycles. The molecule has 1 aromatic heterocycles. The third-order valence-electron chi connectivity index (χ3n) is 5.13. The molecule has 1 amide bonds. The van der Waals surface area contributed by atoms with Gasteiger partial charge in [0.1, 0.15) is 19.3 Å². The molecule has 0 unspecified atom stereocenters. The molecule has 0 N–H and O–H groups in total. The first kappa shape index (κ1) is 16.9. The van der Waals surface area contributed by atoms with E-state index in [1.165, 1.54) is 12.1 Å². The van der Waals surface area contributed by atoms with Crippen molar-refractivity contribution in [3.8, 4) is 5.69 Å². The largest absolute Gasteiger partial charge is 0.340 e. The summed E-state index contributed by atoms with van der Waals surface area (Å²) < 4.78 is 20.3. The maximum Gasteiger partial charge on any atom is 0.278 e. The van der Waals surface area contributed by atoms with Crippen molar-refractivity contribution in [1.82, 2.24) is 14.7 Å². The van der Waals surface area contributed by atoms with E-state index >= 15 is 0 Å². The lowest BCUT2D eigenvalue weighted by Gasteiger charge is -2.30. The molecule has 0 saturated carbocycles. The van der Waals surface area contributed by atoms with Crippen LogP contribution in [0.15, 0.2) is 54.6 Å². The van der Waals surface area contributed by atoms with Gasteiger partial charge in [-0.3, -0.25) is 9.69 Å². The van der Waals surface area contributed by atoms with Crippen LogP contribution in [0.25, 0.3) is 17.3 Å². The molecule has 5 nitrogen and oxygen atoms in total. The molecule has 0 radical (unpaired) electrons. The van der Waals surface area contributed by atoms with E-state index in [1.807, 2.05) is 30.3 Å². The van der Waals surface area contributed by atoms with E-state index < -0.39 is 0 Å². The molecule has 2 aliphatic rings. The number of ether oxygens (including phenoxy) is 1. The third-order valence-corrected chi connectivity index (χ3v) is 5.13. The smallest absolute Gasteiger partial charge is 0.278 e. The summed E-state index contributed by atoms with van der Waals surface area (Å²) in [5, 5.41) is 4.63. The van der Waals surface area contributed by atoms with Crippen molar-refractivity contribution >= 4 is 17.6 Å². The maximum atomic E-state index is 13.4. The number of aromatic nitrogens is 2. The second kappa shape index (κ2) is 6.73. The summed E-state index contributed by atoms with van der Waals surface area (Å²) in [5.74, 6) is -0.425. The molecule has 1 fully saturated rings. The van der Waals surface area contributed by atoms with E-state index in [0.29, 0.717) is 19.2 Å². The zero-order valence-corrected chi connectivity index (χ0v) is 15.1. The Balaban J connectivity index is 1.65. The van der Waals surface area contributed by atoms with Gasteiger partial charge in [-0.25, -0.2) is 9.07 Å². The second-order valence-corrected chi connectivity index (χ2v) is 6.95. The van der Waals surface area contributed by atoms with E-state index in [1.54, 1.807) is 21.7 Å². The summed E-state index contributed by atoms with van der Waals surface area (Å²) in [4.78, 5) is 14.5. The lowest BCUT2D eigenvalue weighted by Crippen LogP contribution is -2.44. The lowest BCUT2D eigenvalue weighted by atomic mass is 10.1. The van der Waals surface area contributed by atoms with Crippen molar-refractivity contribution in [2.24, 2.45) is 0 Å². The lowest BCUT2D eigenvalue weighted by molar-refractivity contribution is -0.117. The van der Waals surface area contributed by atoms with E-state index in [4.69, 9.17) is 4.74 Å². The number of carbonyl (C=O) groups is 1. The Morgan fingerprint density at radius 2 is 1.79 bits per heavy atom. The summed E-state index contributed by atoms with van der Waals surface area (Å²) in [5.41, 5.74) is 5.29. The highest BCUT2D eigenvalue weighted by atomic mass is 19.1. The number of rotatable bonds is 3. The highest BCUT2D eigenvalue weighted by molar-refractivity contribution is 5.97. The van der Waals surface area contributed by atoms with Gasteiger partial charge >= 0.3 is 0 Å². The van der Waals surface area contributed by atoms with Gasteiger partial charge in [-0.05, 0) is 54.3 Å². The Labute approximate surface area is 161 Å². The fourth-order valence-electron chi connectivity index (χ4n) is 3.68. The first-order valence-corrected chi connectivity index (χ1v) is 9.21. The number of hydrogen-bond acceptors (Lipinski definition) is 3. The van der Waals surface area contributed by atoms with E-state index in [9.17, 15) is 9.18 Å². The Bertz CT molecular complexity index is 1070. The van der Waals surface area contributed by atoms with Gasteiger partial charge in [0.15, 0.2) is 5.69 Å². The van der Waals surface area contributed by atoms with Crippen molar-refractivity contribution in [2.75, 3.05) is 13.5 Å². The van der Waals surface area contributed by atoms with Gasteiger partial charge in [0.05, 0.1) is 11.4 Å². The first-order chi connectivity index (χ1) is 13.7. The minimum atomic E-state index is -0.304. The summed E-state index contributed by atoms with van der Waals surface area (Å²) in [6.45, 7) is 0.591. The van der Waals surface area contributed by atoms with Crippen LogP contribution in [0.5, 0.6) is 0 Å². The highest BCUT2D eigenvalue weighted by Crippen LogP contribution is 2.38. The Morgan fingerprint density at radius 3 is 2.46 bits per heavy atom. The van der Waals surface area contributed by atoms with Crippen LogP contribution in [0.2, 0.25) is 0 Å². The molecule has 5 rings (SSSR count). The van der Waals surface area contributed by atoms with E-state index in [2.05, 4.69) is 11.2 Å². The summed E-state index contributed by atoms with van der Waals surface area (Å²) >= 11 is 0. The zero-order valence-electron chi connectivity index (χ0n) is 15.1. The molecule has 3 aromatic rings. The topological polar surface area (TPSA) is 47.4 Å². The van der Waals surface area contributed by atoms with Crippen LogP contribution < -0.4 is 0 Å². The molecule has 0 atom stereocenters. The molecule has 1 aliphatic carbocycles. The number of amides is 1. The van der Waals surface area contributed by atoms with Gasteiger partial charge in [-0.1, -0.05) is 30.3 Å². The first-order valence-electron chi connectivity index (χ1n) is 9.21. The van der Waals surface area contributed by atoms with Crippen molar-refractivity contribution in [1.29, 1.82) is 0 Å². The average Bonchev–Trinajstić information content (AvgIpc) is 3.23. The Morgan fingerprint density at radius 1 is 1.04 bits per heavy atom. The van der Waals surface area contributed by atoms with Gasteiger partial charge in [0.2, 0.25) is 0 Å². The Kier molecular flexibility index (Phi) is 4.06. The van der Waals surface area contributed by atoms with Crippen LogP contribution in [0, 0.1) is 5.82 Å². The van der Waals surface area contributed by atoms with Gasteiger partial charge in [0.25, 0.3) is 5.91 Å².